The van der Waals surface area contributed by atoms with Crippen molar-refractivity contribution in [1.82, 2.24) is 15.1 Å². The Balaban J connectivity index is 2.05. The topological polar surface area (TPSA) is 76.4 Å². The van der Waals surface area contributed by atoms with E-state index >= 15 is 0 Å². The van der Waals surface area contributed by atoms with Gasteiger partial charge in [-0.25, -0.2) is 0 Å². The molecular weight excluding hydrogens is 270 g/mol. The fourth-order valence-electron chi connectivity index (χ4n) is 2.01. The molecule has 1 aromatic carbocycles. The molecule has 1 amide bonds. The Morgan fingerprint density at radius 1 is 1.48 bits per heavy atom. The highest BCUT2D eigenvalue weighted by atomic mass is 16.5. The van der Waals surface area contributed by atoms with Gasteiger partial charge < -0.3 is 15.2 Å². The van der Waals surface area contributed by atoms with Crippen LogP contribution in [0.15, 0.2) is 24.4 Å². The molecule has 1 heterocycles. The highest BCUT2D eigenvalue weighted by Crippen LogP contribution is 2.26. The number of aryl methyl sites for hydroxylation is 2. The van der Waals surface area contributed by atoms with Gasteiger partial charge >= 0.3 is 0 Å². The summed E-state index contributed by atoms with van der Waals surface area (Å²) in [4.78, 5) is 12.1. The lowest BCUT2D eigenvalue weighted by Crippen LogP contribution is -2.23. The molecule has 2 rings (SSSR count). The van der Waals surface area contributed by atoms with Crippen molar-refractivity contribution in [1.29, 1.82) is 0 Å². The standard InChI is InChI=1S/C15H19N3O3/c1-4-18-9-12(10(2)17-18)15(20)16-8-11-5-6-13(19)14(7-11)21-3/h5-7,9,19H,4,8H2,1-3H3,(H,16,20). The van der Waals surface area contributed by atoms with E-state index in [-0.39, 0.29) is 11.7 Å². The number of hydrogen-bond donors (Lipinski definition) is 2. The Morgan fingerprint density at radius 3 is 2.86 bits per heavy atom. The number of nitrogens with zero attached hydrogens (tertiary/aromatic N) is 2. The monoisotopic (exact) mass is 289 g/mol. The van der Waals surface area contributed by atoms with E-state index in [4.69, 9.17) is 4.74 Å². The predicted molar refractivity (Wildman–Crippen MR) is 78.5 cm³/mol. The van der Waals surface area contributed by atoms with E-state index in [1.54, 1.807) is 29.1 Å². The molecule has 0 unspecified atom stereocenters. The van der Waals surface area contributed by atoms with Crippen LogP contribution < -0.4 is 10.1 Å². The maximum atomic E-state index is 12.1. The second kappa shape index (κ2) is 6.30. The molecule has 0 fully saturated rings. The first kappa shape index (κ1) is 14.9. The fraction of sp³-hybridized carbons (Fsp3) is 0.333. The summed E-state index contributed by atoms with van der Waals surface area (Å²) in [5.41, 5.74) is 2.12. The van der Waals surface area contributed by atoms with Crippen LogP contribution in [0.1, 0.15) is 28.5 Å². The van der Waals surface area contributed by atoms with Crippen LogP contribution in [0, 0.1) is 6.92 Å². The van der Waals surface area contributed by atoms with Crippen LogP contribution in [0.4, 0.5) is 0 Å². The van der Waals surface area contributed by atoms with Gasteiger partial charge in [0.25, 0.3) is 5.91 Å². The number of phenols is 1. The summed E-state index contributed by atoms with van der Waals surface area (Å²) >= 11 is 0. The summed E-state index contributed by atoms with van der Waals surface area (Å²) in [5, 5.41) is 16.6. The quantitative estimate of drug-likeness (QED) is 0.881. The SMILES string of the molecule is CCn1cc(C(=O)NCc2ccc(O)c(OC)c2)c(C)n1. The van der Waals surface area contributed by atoms with E-state index in [1.807, 2.05) is 13.8 Å². The van der Waals surface area contributed by atoms with Crippen molar-refractivity contribution in [2.24, 2.45) is 0 Å². The van der Waals surface area contributed by atoms with Gasteiger partial charge in [-0.2, -0.15) is 5.10 Å². The van der Waals surface area contributed by atoms with Crippen LogP contribution in [-0.4, -0.2) is 27.9 Å². The number of phenolic OH excluding ortho intramolecular Hbond substituents is 1. The van der Waals surface area contributed by atoms with Gasteiger partial charge in [-0.05, 0) is 31.5 Å². The molecule has 1 aromatic heterocycles. The molecule has 0 atom stereocenters. The number of benzene rings is 1. The molecule has 21 heavy (non-hydrogen) atoms. The minimum Gasteiger partial charge on any atom is -0.504 e. The second-order valence-electron chi connectivity index (χ2n) is 4.67. The number of carbonyl (C=O) groups excluding carboxylic acids is 1. The molecular formula is C15H19N3O3. The molecule has 0 aliphatic rings. The Kier molecular flexibility index (Phi) is 4.47. The van der Waals surface area contributed by atoms with E-state index in [9.17, 15) is 9.90 Å². The maximum Gasteiger partial charge on any atom is 0.255 e. The van der Waals surface area contributed by atoms with Crippen LogP contribution in [0.25, 0.3) is 0 Å². The van der Waals surface area contributed by atoms with Crippen molar-refractivity contribution in [3.05, 3.63) is 41.2 Å². The summed E-state index contributed by atoms with van der Waals surface area (Å²) in [6, 6.07) is 4.97. The van der Waals surface area contributed by atoms with Gasteiger partial charge in [0.1, 0.15) is 0 Å². The Bertz CT molecular complexity index is 650. The number of hydrogen-bond acceptors (Lipinski definition) is 4. The number of ether oxygens (including phenoxy) is 1. The fourth-order valence-corrected chi connectivity index (χ4v) is 2.01. The molecule has 0 aliphatic carbocycles. The second-order valence-corrected chi connectivity index (χ2v) is 4.67. The lowest BCUT2D eigenvalue weighted by Gasteiger charge is -2.08. The highest BCUT2D eigenvalue weighted by molar-refractivity contribution is 5.94. The molecule has 112 valence electrons. The lowest BCUT2D eigenvalue weighted by molar-refractivity contribution is 0.0950. The first-order valence-electron chi connectivity index (χ1n) is 6.73. The number of aromatic hydroxyl groups is 1. The van der Waals surface area contributed by atoms with Crippen molar-refractivity contribution in [3.63, 3.8) is 0 Å². The summed E-state index contributed by atoms with van der Waals surface area (Å²) in [6.07, 6.45) is 1.74. The average Bonchev–Trinajstić information content (AvgIpc) is 2.87. The van der Waals surface area contributed by atoms with Crippen LogP contribution in [-0.2, 0) is 13.1 Å². The molecule has 0 saturated heterocycles. The van der Waals surface area contributed by atoms with E-state index in [2.05, 4.69) is 10.4 Å². The third kappa shape index (κ3) is 3.34. The summed E-state index contributed by atoms with van der Waals surface area (Å²) in [5.74, 6) is 0.295. The summed E-state index contributed by atoms with van der Waals surface area (Å²) in [7, 11) is 1.49. The first-order chi connectivity index (χ1) is 10.0. The molecule has 6 heteroatoms. The molecule has 2 aromatic rings. The van der Waals surface area contributed by atoms with Gasteiger partial charge in [0.2, 0.25) is 0 Å². The third-order valence-electron chi connectivity index (χ3n) is 3.21. The maximum absolute atomic E-state index is 12.1. The van der Waals surface area contributed by atoms with Crippen LogP contribution >= 0.6 is 0 Å². The smallest absolute Gasteiger partial charge is 0.255 e. The molecule has 0 radical (unpaired) electrons. The van der Waals surface area contributed by atoms with Gasteiger partial charge in [0, 0.05) is 19.3 Å². The average molecular weight is 289 g/mol. The minimum atomic E-state index is -0.167. The van der Waals surface area contributed by atoms with Gasteiger partial charge in [0.05, 0.1) is 18.4 Å². The van der Waals surface area contributed by atoms with Crippen molar-refractivity contribution in [2.75, 3.05) is 7.11 Å². The van der Waals surface area contributed by atoms with Gasteiger partial charge in [0.15, 0.2) is 11.5 Å². The number of aromatic nitrogens is 2. The van der Waals surface area contributed by atoms with Crippen LogP contribution in [0.3, 0.4) is 0 Å². The highest BCUT2D eigenvalue weighted by Gasteiger charge is 2.13. The molecule has 0 aliphatic heterocycles. The van der Waals surface area contributed by atoms with Crippen LogP contribution in [0.2, 0.25) is 0 Å². The van der Waals surface area contributed by atoms with E-state index in [0.29, 0.717) is 23.6 Å². The lowest BCUT2D eigenvalue weighted by atomic mass is 10.2. The number of methoxy groups -OCH3 is 1. The Morgan fingerprint density at radius 2 is 2.24 bits per heavy atom. The van der Waals surface area contributed by atoms with Crippen molar-refractivity contribution >= 4 is 5.91 Å². The van der Waals surface area contributed by atoms with Gasteiger partial charge in [-0.3, -0.25) is 9.48 Å². The van der Waals surface area contributed by atoms with Crippen LogP contribution in [0.5, 0.6) is 11.5 Å². The summed E-state index contributed by atoms with van der Waals surface area (Å²) < 4.78 is 6.77. The van der Waals surface area contributed by atoms with Crippen molar-refractivity contribution in [3.8, 4) is 11.5 Å². The van der Waals surface area contributed by atoms with Gasteiger partial charge in [-0.15, -0.1) is 0 Å². The van der Waals surface area contributed by atoms with Crippen molar-refractivity contribution in [2.45, 2.75) is 26.9 Å². The van der Waals surface area contributed by atoms with E-state index in [1.165, 1.54) is 7.11 Å². The zero-order valence-electron chi connectivity index (χ0n) is 12.4. The van der Waals surface area contributed by atoms with E-state index in [0.717, 1.165) is 12.1 Å². The zero-order chi connectivity index (χ0) is 15.4. The molecule has 0 saturated carbocycles. The van der Waals surface area contributed by atoms with Gasteiger partial charge in [-0.1, -0.05) is 6.07 Å². The predicted octanol–water partition coefficient (Wildman–Crippen LogP) is 1.86. The number of amides is 1. The van der Waals surface area contributed by atoms with Crippen molar-refractivity contribution < 1.29 is 14.6 Å². The molecule has 0 bridgehead atoms. The zero-order valence-corrected chi connectivity index (χ0v) is 12.4. The minimum absolute atomic E-state index is 0.0765. The normalized spacial score (nSPS) is 10.4. The Labute approximate surface area is 123 Å². The Hall–Kier alpha value is -2.50. The first-order valence-corrected chi connectivity index (χ1v) is 6.73. The number of carbonyl (C=O) groups is 1. The molecule has 0 spiro atoms. The third-order valence-corrected chi connectivity index (χ3v) is 3.21. The van der Waals surface area contributed by atoms with E-state index < -0.39 is 0 Å². The largest absolute Gasteiger partial charge is 0.504 e. The number of nitrogens with one attached hydrogen (secondary N) is 1. The number of rotatable bonds is 5. The summed E-state index contributed by atoms with van der Waals surface area (Å²) in [6.45, 7) is 4.86. The molecule has 2 N–H and O–H groups in total. The molecule has 6 nitrogen and oxygen atoms in total.